The molecule has 4 nitrogen and oxygen atoms in total. The summed E-state index contributed by atoms with van der Waals surface area (Å²) in [5.74, 6) is 0.923. The van der Waals surface area contributed by atoms with Gasteiger partial charge in [0.25, 0.3) is 0 Å². The molecule has 0 aliphatic carbocycles. The molecule has 0 saturated carbocycles. The topological polar surface area (TPSA) is 34.0 Å². The van der Waals surface area contributed by atoms with Crippen LogP contribution < -0.4 is 0 Å². The maximum Gasteiger partial charge on any atom is 0.160 e. The van der Waals surface area contributed by atoms with Crippen molar-refractivity contribution < 1.29 is 0 Å². The third-order valence-corrected chi connectivity index (χ3v) is 4.30. The highest BCUT2D eigenvalue weighted by molar-refractivity contribution is 6.20. The standard InChI is InChI=1S/C15H21ClN4/c1-11(19-8-3-4-9-19)10-20-14(12(2)16)18-13-6-5-7-17-15(13)20/h5-7,11-12H,3-4,8-10H2,1-2H3. The predicted molar refractivity (Wildman–Crippen MR) is 82.1 cm³/mol. The fourth-order valence-corrected chi connectivity index (χ4v) is 3.19. The number of rotatable bonds is 4. The lowest BCUT2D eigenvalue weighted by atomic mass is 10.3. The van der Waals surface area contributed by atoms with Crippen molar-refractivity contribution in [1.82, 2.24) is 19.4 Å². The molecule has 5 heteroatoms. The molecule has 0 amide bonds. The number of likely N-dealkylation sites (tertiary alicyclic amines) is 1. The SMILES string of the molecule is CC(Cl)c1nc2cccnc2n1CC(C)N1CCCC1. The van der Waals surface area contributed by atoms with Crippen molar-refractivity contribution in [2.24, 2.45) is 0 Å². The number of pyridine rings is 1. The van der Waals surface area contributed by atoms with E-state index >= 15 is 0 Å². The highest BCUT2D eigenvalue weighted by Gasteiger charge is 2.22. The molecule has 0 radical (unpaired) electrons. The number of imidazole rings is 1. The van der Waals surface area contributed by atoms with Crippen LogP contribution in [0, 0.1) is 0 Å². The first-order chi connectivity index (χ1) is 9.66. The van der Waals surface area contributed by atoms with Crippen molar-refractivity contribution in [3.63, 3.8) is 0 Å². The summed E-state index contributed by atoms with van der Waals surface area (Å²) in [6.45, 7) is 7.56. The zero-order chi connectivity index (χ0) is 14.1. The smallest absolute Gasteiger partial charge is 0.160 e. The Morgan fingerprint density at radius 3 is 2.75 bits per heavy atom. The van der Waals surface area contributed by atoms with Crippen molar-refractivity contribution in [2.75, 3.05) is 13.1 Å². The summed E-state index contributed by atoms with van der Waals surface area (Å²) >= 11 is 6.30. The number of hydrogen-bond donors (Lipinski definition) is 0. The normalized spacial score (nSPS) is 19.6. The largest absolute Gasteiger partial charge is 0.310 e. The summed E-state index contributed by atoms with van der Waals surface area (Å²) in [5, 5.41) is -0.102. The van der Waals surface area contributed by atoms with Crippen molar-refractivity contribution in [2.45, 2.75) is 44.7 Å². The number of halogens is 1. The van der Waals surface area contributed by atoms with E-state index < -0.39 is 0 Å². The Labute approximate surface area is 124 Å². The number of alkyl halides is 1. The lowest BCUT2D eigenvalue weighted by molar-refractivity contribution is 0.235. The van der Waals surface area contributed by atoms with Crippen LogP contribution >= 0.6 is 11.6 Å². The van der Waals surface area contributed by atoms with Crippen LogP contribution in [-0.2, 0) is 6.54 Å². The van der Waals surface area contributed by atoms with Gasteiger partial charge in [-0.3, -0.25) is 4.90 Å². The molecule has 2 unspecified atom stereocenters. The monoisotopic (exact) mass is 292 g/mol. The second-order valence-corrected chi connectivity index (χ2v) is 6.29. The minimum atomic E-state index is -0.102. The molecule has 2 atom stereocenters. The predicted octanol–water partition coefficient (Wildman–Crippen LogP) is 3.22. The summed E-state index contributed by atoms with van der Waals surface area (Å²) < 4.78 is 2.19. The van der Waals surface area contributed by atoms with E-state index in [2.05, 4.69) is 26.4 Å². The van der Waals surface area contributed by atoms with Crippen LogP contribution in [0.3, 0.4) is 0 Å². The number of aromatic nitrogens is 3. The average Bonchev–Trinajstić information content (AvgIpc) is 3.06. The third kappa shape index (κ3) is 2.54. The maximum absolute atomic E-state index is 6.30. The molecule has 20 heavy (non-hydrogen) atoms. The zero-order valence-corrected chi connectivity index (χ0v) is 12.8. The summed E-state index contributed by atoms with van der Waals surface area (Å²) in [4.78, 5) is 11.7. The summed E-state index contributed by atoms with van der Waals surface area (Å²) in [5.41, 5.74) is 1.88. The summed E-state index contributed by atoms with van der Waals surface area (Å²) in [7, 11) is 0. The molecular formula is C15H21ClN4. The molecule has 3 heterocycles. The molecule has 108 valence electrons. The van der Waals surface area contributed by atoms with Gasteiger partial charge in [-0.1, -0.05) is 0 Å². The Bertz CT molecular complexity index is 587. The Kier molecular flexibility index (Phi) is 3.94. The Morgan fingerprint density at radius 2 is 2.05 bits per heavy atom. The van der Waals surface area contributed by atoms with Gasteiger partial charge in [0.15, 0.2) is 5.65 Å². The van der Waals surface area contributed by atoms with Gasteiger partial charge >= 0.3 is 0 Å². The van der Waals surface area contributed by atoms with Crippen molar-refractivity contribution in [1.29, 1.82) is 0 Å². The number of hydrogen-bond acceptors (Lipinski definition) is 3. The second kappa shape index (κ2) is 5.70. The number of nitrogens with zero attached hydrogens (tertiary/aromatic N) is 4. The molecule has 3 rings (SSSR count). The van der Waals surface area contributed by atoms with Crippen LogP contribution in [-0.4, -0.2) is 38.6 Å². The quantitative estimate of drug-likeness (QED) is 0.812. The Hall–Kier alpha value is -1.13. The van der Waals surface area contributed by atoms with Crippen molar-refractivity contribution in [3.05, 3.63) is 24.2 Å². The van der Waals surface area contributed by atoms with E-state index in [9.17, 15) is 0 Å². The zero-order valence-electron chi connectivity index (χ0n) is 12.1. The summed E-state index contributed by atoms with van der Waals surface area (Å²) in [6.07, 6.45) is 4.45. The van der Waals surface area contributed by atoms with E-state index in [4.69, 9.17) is 11.6 Å². The fraction of sp³-hybridized carbons (Fsp3) is 0.600. The molecule has 0 bridgehead atoms. The molecule has 1 aliphatic heterocycles. The van der Waals surface area contributed by atoms with Gasteiger partial charge in [0, 0.05) is 18.8 Å². The van der Waals surface area contributed by atoms with Gasteiger partial charge in [0.2, 0.25) is 0 Å². The molecule has 0 aromatic carbocycles. The van der Waals surface area contributed by atoms with Gasteiger partial charge in [0.05, 0.1) is 5.38 Å². The summed E-state index contributed by atoms with van der Waals surface area (Å²) in [6, 6.07) is 4.42. The van der Waals surface area contributed by atoms with Crippen molar-refractivity contribution >= 4 is 22.8 Å². The minimum absolute atomic E-state index is 0.102. The molecule has 0 spiro atoms. The molecular weight excluding hydrogens is 272 g/mol. The van der Waals surface area contributed by atoms with E-state index in [1.165, 1.54) is 25.9 Å². The van der Waals surface area contributed by atoms with Crippen molar-refractivity contribution in [3.8, 4) is 0 Å². The van der Waals surface area contributed by atoms with Gasteiger partial charge in [-0.15, -0.1) is 11.6 Å². The molecule has 0 N–H and O–H groups in total. The third-order valence-electron chi connectivity index (χ3n) is 4.10. The minimum Gasteiger partial charge on any atom is -0.310 e. The molecule has 1 saturated heterocycles. The molecule has 1 aliphatic rings. The Balaban J connectivity index is 1.94. The highest BCUT2D eigenvalue weighted by atomic mass is 35.5. The van der Waals surface area contributed by atoms with Gasteiger partial charge in [-0.05, 0) is 51.9 Å². The van der Waals surface area contributed by atoms with Crippen LogP contribution in [0.15, 0.2) is 18.3 Å². The average molecular weight is 293 g/mol. The van der Waals surface area contributed by atoms with E-state index in [-0.39, 0.29) is 5.38 Å². The first-order valence-electron chi connectivity index (χ1n) is 7.36. The highest BCUT2D eigenvalue weighted by Crippen LogP contribution is 2.24. The second-order valence-electron chi connectivity index (χ2n) is 5.63. The van der Waals surface area contributed by atoms with Crippen LogP contribution in [0.25, 0.3) is 11.2 Å². The van der Waals surface area contributed by atoms with E-state index in [1.807, 2.05) is 25.3 Å². The van der Waals surface area contributed by atoms with Crippen LogP contribution in [0.2, 0.25) is 0 Å². The van der Waals surface area contributed by atoms with E-state index in [0.29, 0.717) is 6.04 Å². The van der Waals surface area contributed by atoms with E-state index in [1.54, 1.807) is 0 Å². The first kappa shape index (κ1) is 13.8. The lowest BCUT2D eigenvalue weighted by Crippen LogP contribution is -2.34. The Morgan fingerprint density at radius 1 is 1.30 bits per heavy atom. The number of fused-ring (bicyclic) bond motifs is 1. The first-order valence-corrected chi connectivity index (χ1v) is 7.79. The van der Waals surface area contributed by atoms with Crippen LogP contribution in [0.1, 0.15) is 37.9 Å². The van der Waals surface area contributed by atoms with Gasteiger partial charge in [-0.2, -0.15) is 0 Å². The van der Waals surface area contributed by atoms with Gasteiger partial charge in [-0.25, -0.2) is 9.97 Å². The van der Waals surface area contributed by atoms with Crippen LogP contribution in [0.4, 0.5) is 0 Å². The van der Waals surface area contributed by atoms with E-state index in [0.717, 1.165) is 23.5 Å². The van der Waals surface area contributed by atoms with Gasteiger partial charge in [0.1, 0.15) is 11.3 Å². The molecule has 1 fully saturated rings. The molecule has 2 aromatic rings. The van der Waals surface area contributed by atoms with Gasteiger partial charge < -0.3 is 4.57 Å². The molecule has 2 aromatic heterocycles. The van der Waals surface area contributed by atoms with Crippen LogP contribution in [0.5, 0.6) is 0 Å². The maximum atomic E-state index is 6.30. The fourth-order valence-electron chi connectivity index (χ4n) is 3.02. The lowest BCUT2D eigenvalue weighted by Gasteiger charge is -2.25.